The number of aromatic nitrogens is 1. The summed E-state index contributed by atoms with van der Waals surface area (Å²) < 4.78 is 0. The van der Waals surface area contributed by atoms with E-state index in [1.54, 1.807) is 25.4 Å². The minimum Gasteiger partial charge on any atom is -0.383 e. The number of nitrogens with zero attached hydrogens (tertiary/aromatic N) is 2. The van der Waals surface area contributed by atoms with Crippen molar-refractivity contribution in [3.05, 3.63) is 113 Å². The highest BCUT2D eigenvalue weighted by Gasteiger charge is 2.42. The first-order valence-corrected chi connectivity index (χ1v) is 20.0. The maximum atomic E-state index is 14.6. The second-order valence-corrected chi connectivity index (χ2v) is 15.9. The van der Waals surface area contributed by atoms with Gasteiger partial charge in [0.05, 0.1) is 17.1 Å². The largest absolute Gasteiger partial charge is 0.383 e. The predicted molar refractivity (Wildman–Crippen MR) is 220 cm³/mol. The topological polar surface area (TPSA) is 185 Å². The Hall–Kier alpha value is -4.79. The Morgan fingerprint density at radius 3 is 2.55 bits per heavy atom. The number of halogens is 1. The highest BCUT2D eigenvalue weighted by molar-refractivity contribution is 7.99. The molecule has 0 radical (unpaired) electrons. The number of hydrogen-bond acceptors (Lipinski definition) is 10. The number of benzene rings is 2. The lowest BCUT2D eigenvalue weighted by atomic mass is 9.73. The molecule has 3 amide bonds. The summed E-state index contributed by atoms with van der Waals surface area (Å²) in [5.74, 6) is -1.33. The van der Waals surface area contributed by atoms with E-state index >= 15 is 0 Å². The van der Waals surface area contributed by atoms with Gasteiger partial charge in [0, 0.05) is 55.2 Å². The highest BCUT2D eigenvalue weighted by atomic mass is 35.5. The molecule has 5 atom stereocenters. The average Bonchev–Trinajstić information content (AvgIpc) is 3.53. The molecule has 0 fully saturated rings. The molecule has 0 saturated heterocycles. The van der Waals surface area contributed by atoms with Gasteiger partial charge in [0.1, 0.15) is 17.1 Å². The predicted octanol–water partition coefficient (Wildman–Crippen LogP) is 4.23. The van der Waals surface area contributed by atoms with E-state index in [1.807, 2.05) is 54.8 Å². The van der Waals surface area contributed by atoms with Gasteiger partial charge < -0.3 is 37.6 Å². The third-order valence-corrected chi connectivity index (χ3v) is 12.5. The highest BCUT2D eigenvalue weighted by Crippen LogP contribution is 2.43. The van der Waals surface area contributed by atoms with Gasteiger partial charge in [0.15, 0.2) is 5.78 Å². The second kappa shape index (κ2) is 18.0. The van der Waals surface area contributed by atoms with Gasteiger partial charge in [-0.25, -0.2) is 4.98 Å². The van der Waals surface area contributed by atoms with E-state index in [0.29, 0.717) is 39.9 Å². The summed E-state index contributed by atoms with van der Waals surface area (Å²) in [6.07, 6.45) is 13.0. The zero-order chi connectivity index (χ0) is 40.0. The van der Waals surface area contributed by atoms with E-state index in [0.717, 1.165) is 27.8 Å². The molecule has 1 aromatic heterocycles. The fourth-order valence-electron chi connectivity index (χ4n) is 7.36. The van der Waals surface area contributed by atoms with Crippen LogP contribution in [0.15, 0.2) is 101 Å². The van der Waals surface area contributed by atoms with Crippen LogP contribution in [-0.2, 0) is 27.5 Å². The van der Waals surface area contributed by atoms with E-state index in [9.17, 15) is 19.2 Å². The molecule has 3 heterocycles. The zero-order valence-electron chi connectivity index (χ0n) is 31.8. The first kappa shape index (κ1) is 40.9. The molecule has 2 aromatic carbocycles. The SMILES string of the molecule is CC(=O)c1ccc(-c2ccc(Cl)c3c2CNC(=O)[C@H](CC2=CNC4C=CC=CC24C)N(C)C(=O)[C@H](CN)NC(=O)[C@H](CCCN)NCc2cccnc2S3)cc1. The van der Waals surface area contributed by atoms with Gasteiger partial charge in [0.25, 0.3) is 0 Å². The van der Waals surface area contributed by atoms with Crippen LogP contribution in [0.1, 0.15) is 54.6 Å². The number of carbonyl (C=O) groups is 4. The molecule has 0 saturated carbocycles. The van der Waals surface area contributed by atoms with Gasteiger partial charge in [0.2, 0.25) is 17.7 Å². The van der Waals surface area contributed by atoms with Crippen LogP contribution in [0.3, 0.4) is 0 Å². The minimum absolute atomic E-state index is 0.00444. The van der Waals surface area contributed by atoms with Crippen LogP contribution < -0.4 is 32.7 Å². The number of pyridine rings is 1. The number of hydrogen-bond donors (Lipinski definition) is 6. The summed E-state index contributed by atoms with van der Waals surface area (Å²) in [5, 5.41) is 13.9. The molecule has 1 aliphatic carbocycles. The van der Waals surface area contributed by atoms with Crippen LogP contribution in [0, 0.1) is 5.41 Å². The van der Waals surface area contributed by atoms with Crippen molar-refractivity contribution >= 4 is 46.9 Å². The van der Waals surface area contributed by atoms with E-state index < -0.39 is 41.3 Å². The Morgan fingerprint density at radius 2 is 1.82 bits per heavy atom. The molecule has 8 N–H and O–H groups in total. The van der Waals surface area contributed by atoms with Crippen LogP contribution >= 0.6 is 23.4 Å². The van der Waals surface area contributed by atoms with Gasteiger partial charge in [-0.15, -0.1) is 0 Å². The molecule has 0 spiro atoms. The van der Waals surface area contributed by atoms with Gasteiger partial charge in [-0.05, 0) is 79.4 Å². The number of amides is 3. The van der Waals surface area contributed by atoms with Crippen molar-refractivity contribution in [3.8, 4) is 11.1 Å². The van der Waals surface area contributed by atoms with Crippen LogP contribution in [0.2, 0.25) is 5.02 Å². The molecule has 6 rings (SSSR count). The number of likely N-dealkylation sites (N-methyl/N-ethyl adjacent to an activating group) is 1. The monoisotopic (exact) mass is 796 g/mol. The summed E-state index contributed by atoms with van der Waals surface area (Å²) in [5.41, 5.74) is 16.3. The third-order valence-electron chi connectivity index (χ3n) is 10.9. The molecule has 3 aromatic rings. The maximum absolute atomic E-state index is 14.6. The maximum Gasteiger partial charge on any atom is 0.246 e. The van der Waals surface area contributed by atoms with Crippen molar-refractivity contribution in [1.82, 2.24) is 31.2 Å². The number of nitrogens with one attached hydrogen (secondary N) is 4. The lowest BCUT2D eigenvalue weighted by molar-refractivity contribution is -0.142. The second-order valence-electron chi connectivity index (χ2n) is 14.5. The number of Topliss-reactive ketones (excluding diaryl/α,β-unsaturated/α-hetero) is 1. The van der Waals surface area contributed by atoms with E-state index in [2.05, 4.69) is 40.3 Å². The normalized spacial score (nSPS) is 24.2. The van der Waals surface area contributed by atoms with Gasteiger partial charge in [-0.3, -0.25) is 19.2 Å². The molecule has 0 bridgehead atoms. The van der Waals surface area contributed by atoms with Crippen molar-refractivity contribution in [2.75, 3.05) is 20.1 Å². The number of ketones is 1. The number of carbonyl (C=O) groups excluding carboxylic acids is 4. The minimum atomic E-state index is -1.09. The summed E-state index contributed by atoms with van der Waals surface area (Å²) in [6, 6.07) is 12.0. The Balaban J connectivity index is 1.46. The third kappa shape index (κ3) is 8.77. The van der Waals surface area contributed by atoms with Crippen LogP contribution in [0.5, 0.6) is 0 Å². The first-order chi connectivity index (χ1) is 26.9. The molecular weight excluding hydrogens is 748 g/mol. The van der Waals surface area contributed by atoms with E-state index in [1.165, 1.54) is 23.6 Å². The van der Waals surface area contributed by atoms with Crippen molar-refractivity contribution in [2.45, 2.75) is 80.3 Å². The Bertz CT molecular complexity index is 2070. The van der Waals surface area contributed by atoms with Crippen molar-refractivity contribution < 1.29 is 19.2 Å². The van der Waals surface area contributed by atoms with Gasteiger partial charge in [-0.1, -0.05) is 84.1 Å². The van der Waals surface area contributed by atoms with Crippen LogP contribution in [0.25, 0.3) is 11.1 Å². The summed E-state index contributed by atoms with van der Waals surface area (Å²) in [6.45, 7) is 4.17. The molecular formula is C42H49ClN8O4S. The number of fused-ring (bicyclic) bond motifs is 3. The number of allylic oxidation sites excluding steroid dienone is 2. The zero-order valence-corrected chi connectivity index (χ0v) is 33.4. The van der Waals surface area contributed by atoms with Crippen molar-refractivity contribution in [2.24, 2.45) is 16.9 Å². The van der Waals surface area contributed by atoms with E-state index in [-0.39, 0.29) is 37.9 Å². The molecule has 2 unspecified atom stereocenters. The molecule has 14 heteroatoms. The lowest BCUT2D eigenvalue weighted by Crippen LogP contribution is -2.58. The summed E-state index contributed by atoms with van der Waals surface area (Å²) in [4.78, 5) is 61.7. The van der Waals surface area contributed by atoms with E-state index in [4.69, 9.17) is 28.1 Å². The Kier molecular flexibility index (Phi) is 13.1. The van der Waals surface area contributed by atoms with Gasteiger partial charge in [-0.2, -0.15) is 0 Å². The van der Waals surface area contributed by atoms with Crippen LogP contribution in [0.4, 0.5) is 0 Å². The van der Waals surface area contributed by atoms with Crippen LogP contribution in [-0.4, -0.2) is 77.7 Å². The first-order valence-electron chi connectivity index (χ1n) is 18.8. The Labute approximate surface area is 337 Å². The molecule has 3 aliphatic rings. The molecule has 2 aliphatic heterocycles. The average molecular weight is 797 g/mol. The lowest BCUT2D eigenvalue weighted by Gasteiger charge is -2.36. The quantitative estimate of drug-likeness (QED) is 0.181. The summed E-state index contributed by atoms with van der Waals surface area (Å²) in [7, 11) is 1.57. The fraction of sp³-hybridized carbons (Fsp3) is 0.357. The Morgan fingerprint density at radius 1 is 1.04 bits per heavy atom. The van der Waals surface area contributed by atoms with Crippen molar-refractivity contribution in [1.29, 1.82) is 0 Å². The van der Waals surface area contributed by atoms with Crippen molar-refractivity contribution in [3.63, 3.8) is 0 Å². The molecule has 56 heavy (non-hydrogen) atoms. The van der Waals surface area contributed by atoms with Gasteiger partial charge >= 0.3 is 0 Å². The summed E-state index contributed by atoms with van der Waals surface area (Å²) >= 11 is 8.38. The molecule has 294 valence electrons. The number of nitrogens with two attached hydrogens (primary N) is 2. The molecule has 12 nitrogen and oxygen atoms in total. The smallest absolute Gasteiger partial charge is 0.246 e. The number of rotatable bonds is 8. The fourth-order valence-corrected chi connectivity index (χ4v) is 8.70. The standard InChI is InChI=1S/C42H49ClN8O4S/c1-25(52)26-11-13-27(14-12-26)30-15-16-32(43)37-31(30)24-49-39(54)35(20-29-23-48-36-10-4-5-17-42(29,36)2)51(3)41(55)34(21-45)50-38(53)33(9-6-18-44)47-22-28-8-7-19-46-40(28)56-37/h4-5,7-8,10-17,19,23,33-36,47-48H,6,9,18,20-22,24,44-45H2,1-3H3,(H,49,54)(H,50,53)/t33-,34-,35-,36?,42?/m0/s1.